The molecule has 96 valence electrons. The number of rotatable bonds is 2. The van der Waals surface area contributed by atoms with Gasteiger partial charge in [-0.05, 0) is 60.1 Å². The number of hydrogen-bond donors (Lipinski definition) is 1. The van der Waals surface area contributed by atoms with Crippen LogP contribution in [0.2, 0.25) is 0 Å². The second-order valence-corrected chi connectivity index (χ2v) is 5.55. The number of ether oxygens (including phenoxy) is 1. The van der Waals surface area contributed by atoms with Gasteiger partial charge in [0.2, 0.25) is 0 Å². The van der Waals surface area contributed by atoms with Crippen molar-refractivity contribution in [3.05, 3.63) is 28.4 Å². The maximum Gasteiger partial charge on any atom is 0.148 e. The van der Waals surface area contributed by atoms with Crippen molar-refractivity contribution >= 4 is 26.9 Å². The predicted octanol–water partition coefficient (Wildman–Crippen LogP) is 3.67. The third-order valence-electron chi connectivity index (χ3n) is 3.54. The molecule has 4 heteroatoms. The highest BCUT2D eigenvalue weighted by atomic mass is 79.9. The first-order chi connectivity index (χ1) is 8.78. The fraction of sp³-hybridized carbons (Fsp3) is 0.429. The van der Waals surface area contributed by atoms with E-state index in [9.17, 15) is 0 Å². The molecule has 1 N–H and O–H groups in total. The van der Waals surface area contributed by atoms with Gasteiger partial charge in [-0.1, -0.05) is 0 Å². The van der Waals surface area contributed by atoms with Crippen molar-refractivity contribution in [3.8, 4) is 5.75 Å². The highest BCUT2D eigenvalue weighted by molar-refractivity contribution is 9.10. The molecule has 0 saturated carbocycles. The summed E-state index contributed by atoms with van der Waals surface area (Å²) in [6, 6.07) is 6.12. The predicted molar refractivity (Wildman–Crippen MR) is 75.3 cm³/mol. The lowest BCUT2D eigenvalue weighted by molar-refractivity contribution is 0.397. The summed E-state index contributed by atoms with van der Waals surface area (Å²) >= 11 is 3.54. The molecule has 1 saturated heterocycles. The van der Waals surface area contributed by atoms with Crippen LogP contribution >= 0.6 is 15.9 Å². The van der Waals surface area contributed by atoms with Crippen molar-refractivity contribution in [2.24, 2.45) is 0 Å². The highest BCUT2D eigenvalue weighted by Gasteiger charge is 2.20. The summed E-state index contributed by atoms with van der Waals surface area (Å²) < 4.78 is 12.2. The molecule has 2 aromatic rings. The van der Waals surface area contributed by atoms with E-state index in [0.717, 1.165) is 52.9 Å². The standard InChI is InChI=1S/C14H16BrNO2/c1-17-11-6-10-7-13(9-2-4-16-5-3-9)18-14(10)12(15)8-11/h6-9,16H,2-5H2,1H3/i1-1. The summed E-state index contributed by atoms with van der Waals surface area (Å²) in [6.45, 7) is 2.15. The molecule has 2 heterocycles. The number of benzene rings is 1. The molecule has 3 nitrogen and oxygen atoms in total. The fourth-order valence-electron chi connectivity index (χ4n) is 2.53. The van der Waals surface area contributed by atoms with Gasteiger partial charge < -0.3 is 14.5 Å². The molecule has 1 aromatic carbocycles. The average molecular weight is 309 g/mol. The Labute approximate surface area is 115 Å². The summed E-state index contributed by atoms with van der Waals surface area (Å²) in [4.78, 5) is 0. The largest absolute Gasteiger partial charge is 0.497 e. The van der Waals surface area contributed by atoms with Gasteiger partial charge in [-0.3, -0.25) is 0 Å². The van der Waals surface area contributed by atoms with Gasteiger partial charge in [-0.15, -0.1) is 0 Å². The van der Waals surface area contributed by atoms with Crippen LogP contribution in [0.1, 0.15) is 24.5 Å². The zero-order valence-electron chi connectivity index (χ0n) is 10.3. The second-order valence-electron chi connectivity index (χ2n) is 4.70. The summed E-state index contributed by atoms with van der Waals surface area (Å²) in [6.07, 6.45) is 2.29. The van der Waals surface area contributed by atoms with E-state index in [0.29, 0.717) is 5.92 Å². The zero-order valence-corrected chi connectivity index (χ0v) is 11.9. The normalized spacial score (nSPS) is 17.2. The van der Waals surface area contributed by atoms with Gasteiger partial charge in [-0.2, -0.15) is 0 Å². The molecule has 0 spiro atoms. The van der Waals surface area contributed by atoms with Crippen LogP contribution in [-0.4, -0.2) is 20.2 Å². The summed E-state index contributed by atoms with van der Waals surface area (Å²) in [7, 11) is 1.68. The Hall–Kier alpha value is -1.00. The van der Waals surface area contributed by atoms with E-state index in [2.05, 4.69) is 27.3 Å². The van der Waals surface area contributed by atoms with Crippen LogP contribution in [-0.2, 0) is 0 Å². The van der Waals surface area contributed by atoms with E-state index in [1.807, 2.05) is 12.1 Å². The number of nitrogens with one attached hydrogen (secondary N) is 1. The number of fused-ring (bicyclic) bond motifs is 1. The van der Waals surface area contributed by atoms with Crippen molar-refractivity contribution in [3.63, 3.8) is 0 Å². The number of hydrogen-bond acceptors (Lipinski definition) is 3. The zero-order chi connectivity index (χ0) is 12.5. The Kier molecular flexibility index (Phi) is 3.31. The van der Waals surface area contributed by atoms with Crippen LogP contribution < -0.4 is 10.1 Å². The molecular formula is C14H16BrNO2. The summed E-state index contributed by atoms with van der Waals surface area (Å²) in [5, 5.41) is 4.48. The molecule has 1 aliphatic heterocycles. The molecule has 3 rings (SSSR count). The molecular weight excluding hydrogens is 293 g/mol. The van der Waals surface area contributed by atoms with Gasteiger partial charge in [0.25, 0.3) is 0 Å². The number of piperidine rings is 1. The molecule has 0 atom stereocenters. The summed E-state index contributed by atoms with van der Waals surface area (Å²) in [5.41, 5.74) is 0.921. The Balaban J connectivity index is 2.01. The molecule has 0 bridgehead atoms. The first-order valence-electron chi connectivity index (χ1n) is 6.25. The lowest BCUT2D eigenvalue weighted by Gasteiger charge is -2.20. The minimum atomic E-state index is 0.538. The van der Waals surface area contributed by atoms with Gasteiger partial charge >= 0.3 is 0 Å². The topological polar surface area (TPSA) is 34.4 Å². The number of methoxy groups -OCH3 is 1. The highest BCUT2D eigenvalue weighted by Crippen LogP contribution is 2.36. The maximum atomic E-state index is 6.01. The van der Waals surface area contributed by atoms with E-state index < -0.39 is 0 Å². The van der Waals surface area contributed by atoms with E-state index in [4.69, 9.17) is 9.15 Å². The number of halogens is 1. The molecule has 1 fully saturated rings. The van der Waals surface area contributed by atoms with Crippen LogP contribution in [0.5, 0.6) is 5.75 Å². The van der Waals surface area contributed by atoms with Gasteiger partial charge in [0, 0.05) is 11.3 Å². The van der Waals surface area contributed by atoms with Crippen molar-refractivity contribution < 1.29 is 9.15 Å². The van der Waals surface area contributed by atoms with Crippen molar-refractivity contribution in [2.75, 3.05) is 20.2 Å². The van der Waals surface area contributed by atoms with Crippen LogP contribution in [0.3, 0.4) is 0 Å². The maximum absolute atomic E-state index is 6.01. The van der Waals surface area contributed by atoms with Crippen molar-refractivity contribution in [1.82, 2.24) is 5.32 Å². The van der Waals surface area contributed by atoms with Crippen LogP contribution in [0.25, 0.3) is 11.0 Å². The molecule has 0 unspecified atom stereocenters. The third-order valence-corrected chi connectivity index (χ3v) is 4.13. The van der Waals surface area contributed by atoms with E-state index in [-0.39, 0.29) is 0 Å². The smallest absolute Gasteiger partial charge is 0.148 e. The Morgan fingerprint density at radius 3 is 2.78 bits per heavy atom. The molecule has 1 aliphatic rings. The monoisotopic (exact) mass is 308 g/mol. The molecule has 1 aromatic heterocycles. The molecule has 0 aliphatic carbocycles. The Bertz CT molecular complexity index is 558. The van der Waals surface area contributed by atoms with E-state index in [1.165, 1.54) is 0 Å². The van der Waals surface area contributed by atoms with E-state index in [1.54, 1.807) is 7.11 Å². The Morgan fingerprint density at radius 2 is 2.06 bits per heavy atom. The molecule has 0 amide bonds. The minimum absolute atomic E-state index is 0.538. The van der Waals surface area contributed by atoms with Crippen molar-refractivity contribution in [2.45, 2.75) is 18.8 Å². The average Bonchev–Trinajstić information content (AvgIpc) is 2.84. The SMILES string of the molecule is [11CH3]Oc1cc(Br)c2oc(C3CCNCC3)cc2c1. The van der Waals surface area contributed by atoms with Gasteiger partial charge in [0.05, 0.1) is 11.6 Å². The molecule has 18 heavy (non-hydrogen) atoms. The quantitative estimate of drug-likeness (QED) is 0.919. The first-order valence-corrected chi connectivity index (χ1v) is 7.05. The second kappa shape index (κ2) is 4.94. The third kappa shape index (κ3) is 2.15. The lowest BCUT2D eigenvalue weighted by atomic mass is 9.95. The van der Waals surface area contributed by atoms with Crippen LogP contribution in [0.4, 0.5) is 0 Å². The fourth-order valence-corrected chi connectivity index (χ4v) is 3.07. The number of furan rings is 1. The van der Waals surface area contributed by atoms with Gasteiger partial charge in [-0.25, -0.2) is 0 Å². The minimum Gasteiger partial charge on any atom is -0.497 e. The van der Waals surface area contributed by atoms with E-state index >= 15 is 0 Å². The van der Waals surface area contributed by atoms with Crippen LogP contribution in [0, 0.1) is 0 Å². The summed E-state index contributed by atoms with van der Waals surface area (Å²) in [5.74, 6) is 2.49. The van der Waals surface area contributed by atoms with Crippen LogP contribution in [0.15, 0.2) is 27.1 Å². The van der Waals surface area contributed by atoms with Crippen molar-refractivity contribution in [1.29, 1.82) is 0 Å². The van der Waals surface area contributed by atoms with Gasteiger partial charge in [0.15, 0.2) is 0 Å². The van der Waals surface area contributed by atoms with Gasteiger partial charge in [0.1, 0.15) is 17.1 Å². The first kappa shape index (κ1) is 12.1. The molecule has 0 radical (unpaired) electrons. The Morgan fingerprint density at radius 1 is 1.28 bits per heavy atom. The lowest BCUT2D eigenvalue weighted by Crippen LogP contribution is -2.26.